The van der Waals surface area contributed by atoms with Crippen molar-refractivity contribution in [1.82, 2.24) is 4.98 Å². The van der Waals surface area contributed by atoms with Crippen LogP contribution in [0.4, 0.5) is 0 Å². The van der Waals surface area contributed by atoms with Gasteiger partial charge in [-0.3, -0.25) is 23.2 Å². The van der Waals surface area contributed by atoms with Crippen LogP contribution in [0.15, 0.2) is 60.9 Å². The van der Waals surface area contributed by atoms with E-state index in [0.717, 1.165) is 6.66 Å². The predicted molar refractivity (Wildman–Crippen MR) is 126 cm³/mol. The summed E-state index contributed by atoms with van der Waals surface area (Å²) in [6.07, 6.45) is 0.621. The number of carbonyl (C=O) groups excluding carboxylic acids is 1. The van der Waals surface area contributed by atoms with Crippen LogP contribution in [-0.2, 0) is 29.3 Å². The average Bonchev–Trinajstić information content (AvgIpc) is 2.76. The summed E-state index contributed by atoms with van der Waals surface area (Å²) in [5.41, 5.74) is 0.978. The fourth-order valence-electron chi connectivity index (χ4n) is 3.85. The van der Waals surface area contributed by atoms with Crippen LogP contribution in [0, 0.1) is 0 Å². The van der Waals surface area contributed by atoms with Crippen molar-refractivity contribution in [2.24, 2.45) is 0 Å². The molecule has 0 bridgehead atoms. The zero-order valence-electron chi connectivity index (χ0n) is 18.8. The minimum absolute atomic E-state index is 0.288. The van der Waals surface area contributed by atoms with E-state index >= 15 is 0 Å². The van der Waals surface area contributed by atoms with Gasteiger partial charge in [-0.05, 0) is 42.3 Å². The van der Waals surface area contributed by atoms with Crippen LogP contribution >= 0.6 is 15.0 Å². The lowest BCUT2D eigenvalue weighted by Gasteiger charge is -2.43. The molecule has 1 aromatic heterocycles. The maximum atomic E-state index is 13.5. The van der Waals surface area contributed by atoms with E-state index in [1.54, 1.807) is 50.2 Å². The smallest absolute Gasteiger partial charge is 0.372 e. The third-order valence-corrected chi connectivity index (χ3v) is 11.0. The molecule has 180 valence electrons. The SMILES string of the molecule is CC(C)OC(=O)c1ccc(C2OP(C)(=O)C(O)(Cc3cccnc3)P(=O)(O)O2)c2ccccc12. The molecule has 11 heteroatoms. The molecule has 0 amide bonds. The summed E-state index contributed by atoms with van der Waals surface area (Å²) in [5.74, 6) is -0.525. The number of pyridine rings is 1. The Balaban J connectivity index is 1.75. The number of esters is 1. The second kappa shape index (κ2) is 9.00. The number of hydrogen-bond donors (Lipinski definition) is 2. The number of aromatic nitrogens is 1. The van der Waals surface area contributed by atoms with Gasteiger partial charge in [-0.1, -0.05) is 36.4 Å². The molecule has 0 saturated carbocycles. The van der Waals surface area contributed by atoms with Crippen molar-refractivity contribution in [2.75, 3.05) is 6.66 Å². The van der Waals surface area contributed by atoms with Crippen molar-refractivity contribution >= 4 is 31.7 Å². The van der Waals surface area contributed by atoms with E-state index in [1.807, 2.05) is 0 Å². The fourth-order valence-corrected chi connectivity index (χ4v) is 8.16. The van der Waals surface area contributed by atoms with Gasteiger partial charge in [-0.15, -0.1) is 0 Å². The van der Waals surface area contributed by atoms with Crippen LogP contribution < -0.4 is 0 Å². The van der Waals surface area contributed by atoms with Crippen molar-refractivity contribution < 1.29 is 37.7 Å². The molecule has 4 atom stereocenters. The summed E-state index contributed by atoms with van der Waals surface area (Å²) in [6.45, 7) is 4.59. The van der Waals surface area contributed by atoms with E-state index in [2.05, 4.69) is 4.98 Å². The van der Waals surface area contributed by atoms with E-state index in [0.29, 0.717) is 21.9 Å². The minimum atomic E-state index is -4.90. The lowest BCUT2D eigenvalue weighted by Crippen LogP contribution is -2.37. The van der Waals surface area contributed by atoms with Gasteiger partial charge < -0.3 is 14.7 Å². The first-order valence-corrected chi connectivity index (χ1v) is 14.2. The van der Waals surface area contributed by atoms with Crippen molar-refractivity contribution in [3.05, 3.63) is 77.6 Å². The normalized spacial score (nSPS) is 29.3. The standard InChI is InChI=1S/C23H25NO8P2/c1-15(2)30-21(25)19-10-11-20(18-9-5-4-8-17(18)19)22-31-33(3,27)23(26,34(28,29)32-22)13-16-7-6-12-24-14-16/h4-12,14-15,22,26H,13H2,1-3H3,(H,28,29). The molecule has 1 aliphatic heterocycles. The van der Waals surface area contributed by atoms with Crippen molar-refractivity contribution in [2.45, 2.75) is 37.7 Å². The van der Waals surface area contributed by atoms with Gasteiger partial charge in [-0.2, -0.15) is 0 Å². The minimum Gasteiger partial charge on any atom is -0.459 e. The number of carbonyl (C=O) groups is 1. The van der Waals surface area contributed by atoms with Gasteiger partial charge in [0.1, 0.15) is 0 Å². The molecule has 34 heavy (non-hydrogen) atoms. The number of nitrogens with zero attached hydrogens (tertiary/aromatic N) is 1. The molecular formula is C23H25NO8P2. The zero-order chi connectivity index (χ0) is 24.7. The number of hydrogen-bond acceptors (Lipinski definition) is 8. The Bertz CT molecular complexity index is 1300. The van der Waals surface area contributed by atoms with Crippen LogP contribution in [0.2, 0.25) is 0 Å². The highest BCUT2D eigenvalue weighted by atomic mass is 31.2. The summed E-state index contributed by atoms with van der Waals surface area (Å²) < 4.78 is 43.2. The third-order valence-electron chi connectivity index (χ3n) is 5.58. The van der Waals surface area contributed by atoms with Crippen LogP contribution in [0.3, 0.4) is 0 Å². The highest BCUT2D eigenvalue weighted by Gasteiger charge is 2.64. The number of rotatable bonds is 5. The third kappa shape index (κ3) is 4.36. The Hall–Kier alpha value is -2.38. The second-order valence-electron chi connectivity index (χ2n) is 8.42. The van der Waals surface area contributed by atoms with E-state index < -0.39 is 38.7 Å². The molecule has 4 unspecified atom stereocenters. The lowest BCUT2D eigenvalue weighted by molar-refractivity contribution is -0.0431. The molecular weight excluding hydrogens is 480 g/mol. The maximum absolute atomic E-state index is 13.5. The van der Waals surface area contributed by atoms with E-state index in [9.17, 15) is 23.9 Å². The molecule has 1 aliphatic rings. The quantitative estimate of drug-likeness (QED) is 0.370. The first kappa shape index (κ1) is 24.7. The molecule has 0 radical (unpaired) electrons. The average molecular weight is 505 g/mol. The number of aliphatic hydroxyl groups is 1. The highest BCUT2D eigenvalue weighted by Crippen LogP contribution is 2.79. The Labute approximate surface area is 196 Å². The predicted octanol–water partition coefficient (Wildman–Crippen LogP) is 4.83. The lowest BCUT2D eigenvalue weighted by atomic mass is 9.99. The molecule has 1 saturated heterocycles. The zero-order valence-corrected chi connectivity index (χ0v) is 20.6. The molecule has 2 aromatic carbocycles. The summed E-state index contributed by atoms with van der Waals surface area (Å²) in [6, 6.07) is 13.0. The van der Waals surface area contributed by atoms with Crippen LogP contribution in [0.5, 0.6) is 0 Å². The van der Waals surface area contributed by atoms with E-state index in [1.165, 1.54) is 24.5 Å². The van der Waals surface area contributed by atoms with Crippen molar-refractivity contribution in [3.63, 3.8) is 0 Å². The molecule has 2 N–H and O–H groups in total. The van der Waals surface area contributed by atoms with Gasteiger partial charge in [0.15, 0.2) is 0 Å². The Morgan fingerprint density at radius 2 is 1.82 bits per heavy atom. The first-order valence-electron chi connectivity index (χ1n) is 10.6. The Morgan fingerprint density at radius 1 is 1.12 bits per heavy atom. The topological polar surface area (TPSA) is 132 Å². The second-order valence-corrected chi connectivity index (χ2v) is 13.4. The highest BCUT2D eigenvalue weighted by molar-refractivity contribution is 7.76. The molecule has 2 heterocycles. The van der Waals surface area contributed by atoms with Gasteiger partial charge in [0.25, 0.3) is 0 Å². The maximum Gasteiger partial charge on any atom is 0.372 e. The summed E-state index contributed by atoms with van der Waals surface area (Å²) >= 11 is 0. The summed E-state index contributed by atoms with van der Waals surface area (Å²) in [7, 11) is -9.04. The Morgan fingerprint density at radius 3 is 2.44 bits per heavy atom. The number of ether oxygens (including phenoxy) is 1. The van der Waals surface area contributed by atoms with Crippen LogP contribution in [0.25, 0.3) is 10.8 Å². The molecule has 4 rings (SSSR count). The molecule has 9 nitrogen and oxygen atoms in total. The molecule has 3 aromatic rings. The van der Waals surface area contributed by atoms with Gasteiger partial charge in [0.05, 0.1) is 11.7 Å². The van der Waals surface area contributed by atoms with Gasteiger partial charge in [-0.25, -0.2) is 4.79 Å². The van der Waals surface area contributed by atoms with Gasteiger partial charge in [0, 0.05) is 31.0 Å². The van der Waals surface area contributed by atoms with Crippen LogP contribution in [-0.4, -0.2) is 38.8 Å². The summed E-state index contributed by atoms with van der Waals surface area (Å²) in [5, 5.41) is 9.48. The Kier molecular flexibility index (Phi) is 6.55. The number of benzene rings is 2. The van der Waals surface area contributed by atoms with E-state index in [-0.39, 0.29) is 11.7 Å². The van der Waals surface area contributed by atoms with Gasteiger partial charge in [0.2, 0.25) is 18.7 Å². The van der Waals surface area contributed by atoms with Gasteiger partial charge >= 0.3 is 13.6 Å². The molecule has 0 aliphatic carbocycles. The molecule has 1 fully saturated rings. The van der Waals surface area contributed by atoms with Crippen molar-refractivity contribution in [1.29, 1.82) is 0 Å². The van der Waals surface area contributed by atoms with E-state index in [4.69, 9.17) is 13.8 Å². The largest absolute Gasteiger partial charge is 0.459 e. The monoisotopic (exact) mass is 505 g/mol. The van der Waals surface area contributed by atoms with Crippen LogP contribution in [0.1, 0.15) is 41.6 Å². The summed E-state index contributed by atoms with van der Waals surface area (Å²) in [4.78, 5) is 27.3. The fraction of sp³-hybridized carbons (Fsp3) is 0.304. The number of fused-ring (bicyclic) bond motifs is 1. The molecule has 0 spiro atoms. The first-order chi connectivity index (χ1) is 16.0. The van der Waals surface area contributed by atoms with Crippen molar-refractivity contribution in [3.8, 4) is 0 Å².